The van der Waals surface area contributed by atoms with Gasteiger partial charge in [-0.15, -0.1) is 0 Å². The predicted molar refractivity (Wildman–Crippen MR) is 69.8 cm³/mol. The summed E-state index contributed by atoms with van der Waals surface area (Å²) < 4.78 is 1.85. The largest absolute Gasteiger partial charge is 0.312 e. The second-order valence-electron chi connectivity index (χ2n) is 5.12. The van der Waals surface area contributed by atoms with Crippen LogP contribution in [-0.4, -0.2) is 40.9 Å². The van der Waals surface area contributed by atoms with Crippen LogP contribution in [0.25, 0.3) is 0 Å². The van der Waals surface area contributed by atoms with Crippen LogP contribution in [0.1, 0.15) is 31.2 Å². The van der Waals surface area contributed by atoms with Gasteiger partial charge in [0, 0.05) is 31.4 Å². The molecule has 0 radical (unpaired) electrons. The first-order valence-corrected chi connectivity index (χ1v) is 6.64. The van der Waals surface area contributed by atoms with Gasteiger partial charge in [-0.1, -0.05) is 6.42 Å². The molecule has 17 heavy (non-hydrogen) atoms. The van der Waals surface area contributed by atoms with Crippen molar-refractivity contribution < 1.29 is 0 Å². The fourth-order valence-corrected chi connectivity index (χ4v) is 2.57. The van der Waals surface area contributed by atoms with E-state index in [-0.39, 0.29) is 0 Å². The molecule has 0 bridgehead atoms. The molecule has 0 aliphatic carbocycles. The van der Waals surface area contributed by atoms with E-state index in [2.05, 4.69) is 28.6 Å². The van der Waals surface area contributed by atoms with Gasteiger partial charge < -0.3 is 10.2 Å². The van der Waals surface area contributed by atoms with E-state index in [0.29, 0.717) is 0 Å². The van der Waals surface area contributed by atoms with Crippen molar-refractivity contribution >= 4 is 0 Å². The van der Waals surface area contributed by atoms with Gasteiger partial charge in [-0.2, -0.15) is 5.10 Å². The SMILES string of the molecule is CN1CCCCC1CCNCc1cnn(C)c1. The van der Waals surface area contributed by atoms with Crippen LogP contribution >= 0.6 is 0 Å². The van der Waals surface area contributed by atoms with Crippen LogP contribution in [0.4, 0.5) is 0 Å². The fourth-order valence-electron chi connectivity index (χ4n) is 2.57. The Morgan fingerprint density at radius 3 is 3.00 bits per heavy atom. The third-order valence-corrected chi connectivity index (χ3v) is 3.66. The summed E-state index contributed by atoms with van der Waals surface area (Å²) in [4.78, 5) is 2.51. The number of rotatable bonds is 5. The average molecular weight is 236 g/mol. The van der Waals surface area contributed by atoms with Crippen LogP contribution in [0.15, 0.2) is 12.4 Å². The van der Waals surface area contributed by atoms with E-state index >= 15 is 0 Å². The summed E-state index contributed by atoms with van der Waals surface area (Å²) >= 11 is 0. The lowest BCUT2D eigenvalue weighted by Gasteiger charge is -2.32. The monoisotopic (exact) mass is 236 g/mol. The quantitative estimate of drug-likeness (QED) is 0.784. The number of aromatic nitrogens is 2. The minimum Gasteiger partial charge on any atom is -0.312 e. The molecule has 4 nitrogen and oxygen atoms in total. The van der Waals surface area contributed by atoms with Crippen LogP contribution in [0.5, 0.6) is 0 Å². The van der Waals surface area contributed by atoms with Gasteiger partial charge in [-0.3, -0.25) is 4.68 Å². The molecule has 1 atom stereocenters. The van der Waals surface area contributed by atoms with Crippen LogP contribution in [0.2, 0.25) is 0 Å². The maximum Gasteiger partial charge on any atom is 0.0534 e. The molecule has 1 unspecified atom stereocenters. The zero-order valence-corrected chi connectivity index (χ0v) is 11.0. The maximum atomic E-state index is 4.17. The summed E-state index contributed by atoms with van der Waals surface area (Å²) in [6, 6.07) is 0.783. The summed E-state index contributed by atoms with van der Waals surface area (Å²) in [5.41, 5.74) is 1.27. The van der Waals surface area contributed by atoms with Crippen LogP contribution in [0, 0.1) is 0 Å². The molecule has 96 valence electrons. The zero-order valence-electron chi connectivity index (χ0n) is 11.0. The fraction of sp³-hybridized carbons (Fsp3) is 0.769. The normalized spacial score (nSPS) is 21.9. The number of likely N-dealkylation sites (tertiary alicyclic amines) is 1. The molecule has 1 N–H and O–H groups in total. The minimum absolute atomic E-state index is 0.783. The highest BCUT2D eigenvalue weighted by molar-refractivity contribution is 5.02. The molecule has 2 rings (SSSR count). The van der Waals surface area contributed by atoms with Gasteiger partial charge in [-0.05, 0) is 39.4 Å². The molecule has 0 amide bonds. The Bertz CT molecular complexity index is 334. The number of nitrogens with one attached hydrogen (secondary N) is 1. The third-order valence-electron chi connectivity index (χ3n) is 3.66. The maximum absolute atomic E-state index is 4.17. The van der Waals surface area contributed by atoms with E-state index in [9.17, 15) is 0 Å². The molecular formula is C13H24N4. The third kappa shape index (κ3) is 3.82. The van der Waals surface area contributed by atoms with Gasteiger partial charge in [0.1, 0.15) is 0 Å². The molecule has 1 aromatic heterocycles. The topological polar surface area (TPSA) is 33.1 Å². The number of hydrogen-bond acceptors (Lipinski definition) is 3. The summed E-state index contributed by atoms with van der Waals surface area (Å²) in [5, 5.41) is 7.67. The van der Waals surface area contributed by atoms with Crippen LogP contribution in [-0.2, 0) is 13.6 Å². The van der Waals surface area contributed by atoms with Crippen molar-refractivity contribution in [1.82, 2.24) is 20.0 Å². The lowest BCUT2D eigenvalue weighted by Crippen LogP contribution is -2.38. The van der Waals surface area contributed by atoms with E-state index in [4.69, 9.17) is 0 Å². The van der Waals surface area contributed by atoms with E-state index in [1.54, 1.807) is 0 Å². The summed E-state index contributed by atoms with van der Waals surface area (Å²) in [6.07, 6.45) is 9.40. The van der Waals surface area contributed by atoms with E-state index in [0.717, 1.165) is 19.1 Å². The molecule has 4 heteroatoms. The lowest BCUT2D eigenvalue weighted by molar-refractivity contribution is 0.175. The molecule has 0 saturated carbocycles. The van der Waals surface area contributed by atoms with Gasteiger partial charge >= 0.3 is 0 Å². The molecule has 1 aliphatic rings. The van der Waals surface area contributed by atoms with Gasteiger partial charge in [0.2, 0.25) is 0 Å². The van der Waals surface area contributed by atoms with Crippen molar-refractivity contribution in [3.8, 4) is 0 Å². The molecule has 0 aromatic carbocycles. The van der Waals surface area contributed by atoms with Crippen LogP contribution in [0.3, 0.4) is 0 Å². The summed E-state index contributed by atoms with van der Waals surface area (Å²) in [5.74, 6) is 0. The zero-order chi connectivity index (χ0) is 12.1. The minimum atomic E-state index is 0.783. The van der Waals surface area contributed by atoms with Gasteiger partial charge in [0.15, 0.2) is 0 Å². The highest BCUT2D eigenvalue weighted by atomic mass is 15.2. The second kappa shape index (κ2) is 6.17. The van der Waals surface area contributed by atoms with Crippen molar-refractivity contribution in [3.05, 3.63) is 18.0 Å². The number of hydrogen-bond donors (Lipinski definition) is 1. The first kappa shape index (κ1) is 12.6. The Labute approximate surface area is 104 Å². The van der Waals surface area contributed by atoms with E-state index < -0.39 is 0 Å². The Hall–Kier alpha value is -0.870. The molecule has 1 saturated heterocycles. The Balaban J connectivity index is 1.62. The van der Waals surface area contributed by atoms with Gasteiger partial charge in [0.25, 0.3) is 0 Å². The summed E-state index contributed by atoms with van der Waals surface area (Å²) in [7, 11) is 4.21. The standard InChI is InChI=1S/C13H24N4/c1-16-8-4-3-5-13(16)6-7-14-9-12-10-15-17(2)11-12/h10-11,13-14H,3-9H2,1-2H3. The van der Waals surface area contributed by atoms with E-state index in [1.807, 2.05) is 17.9 Å². The Morgan fingerprint density at radius 2 is 2.29 bits per heavy atom. The first-order chi connectivity index (χ1) is 8.25. The van der Waals surface area contributed by atoms with Crippen molar-refractivity contribution in [2.75, 3.05) is 20.1 Å². The average Bonchev–Trinajstić information content (AvgIpc) is 2.73. The van der Waals surface area contributed by atoms with Crippen LogP contribution < -0.4 is 5.32 Å². The van der Waals surface area contributed by atoms with E-state index in [1.165, 1.54) is 37.8 Å². The summed E-state index contributed by atoms with van der Waals surface area (Å²) in [6.45, 7) is 3.31. The van der Waals surface area contributed by atoms with Crippen molar-refractivity contribution in [2.45, 2.75) is 38.3 Å². The second-order valence-corrected chi connectivity index (χ2v) is 5.12. The van der Waals surface area contributed by atoms with Crippen molar-refractivity contribution in [2.24, 2.45) is 7.05 Å². The Morgan fingerprint density at radius 1 is 1.41 bits per heavy atom. The molecule has 1 fully saturated rings. The van der Waals surface area contributed by atoms with Crippen molar-refractivity contribution in [1.29, 1.82) is 0 Å². The number of piperidine rings is 1. The van der Waals surface area contributed by atoms with Crippen molar-refractivity contribution in [3.63, 3.8) is 0 Å². The molecular weight excluding hydrogens is 212 g/mol. The predicted octanol–water partition coefficient (Wildman–Crippen LogP) is 1.38. The molecule has 1 aliphatic heterocycles. The highest BCUT2D eigenvalue weighted by Gasteiger charge is 2.17. The number of aryl methyl sites for hydroxylation is 1. The number of nitrogens with zero attached hydrogens (tertiary/aromatic N) is 3. The molecule has 1 aromatic rings. The van der Waals surface area contributed by atoms with Gasteiger partial charge in [0.05, 0.1) is 6.20 Å². The van der Waals surface area contributed by atoms with Gasteiger partial charge in [-0.25, -0.2) is 0 Å². The first-order valence-electron chi connectivity index (χ1n) is 6.64. The lowest BCUT2D eigenvalue weighted by atomic mass is 10.0. The Kier molecular flexibility index (Phi) is 4.57. The highest BCUT2D eigenvalue weighted by Crippen LogP contribution is 2.17. The molecule has 0 spiro atoms. The molecule has 2 heterocycles. The smallest absolute Gasteiger partial charge is 0.0534 e.